The van der Waals surface area contributed by atoms with Gasteiger partial charge in [-0.05, 0) is 24.3 Å². The Kier molecular flexibility index (Phi) is 9.70. The van der Waals surface area contributed by atoms with Crippen LogP contribution in [-0.2, 0) is 47.6 Å². The summed E-state index contributed by atoms with van der Waals surface area (Å²) in [7, 11) is 0. The monoisotopic (exact) mass is 495 g/mol. The van der Waals surface area contributed by atoms with E-state index in [0.717, 1.165) is 27.7 Å². The maximum Gasteiger partial charge on any atom is 0.414 e. The highest BCUT2D eigenvalue weighted by Crippen LogP contribution is 2.30. The highest BCUT2D eigenvalue weighted by atomic mass is 16.8. The van der Waals surface area contributed by atoms with Gasteiger partial charge in [-0.1, -0.05) is 0 Å². The number of aldehydes is 1. The summed E-state index contributed by atoms with van der Waals surface area (Å²) >= 11 is 0. The zero-order chi connectivity index (χ0) is 26.1. The smallest absolute Gasteiger partial charge is 0.414 e. The van der Waals surface area contributed by atoms with Gasteiger partial charge in [-0.3, -0.25) is 29.3 Å². The van der Waals surface area contributed by atoms with E-state index in [4.69, 9.17) is 28.4 Å². The molecule has 1 N–H and O–H groups in total. The number of carbonyl (C=O) groups is 6. The number of anilines is 1. The minimum atomic E-state index is -1.66. The normalized spacial score (nSPS) is 23.3. The van der Waals surface area contributed by atoms with Crippen LogP contribution >= 0.6 is 0 Å². The Balaban J connectivity index is 2.34. The molecule has 2 rings (SSSR count). The fourth-order valence-electron chi connectivity index (χ4n) is 3.18. The van der Waals surface area contributed by atoms with Crippen molar-refractivity contribution in [2.75, 3.05) is 11.9 Å². The summed E-state index contributed by atoms with van der Waals surface area (Å²) in [6.45, 7) is 3.87. The summed E-state index contributed by atoms with van der Waals surface area (Å²) in [5.41, 5.74) is 0.648. The molecule has 0 aromatic heterocycles. The second kappa shape index (κ2) is 12.5. The lowest BCUT2D eigenvalue weighted by Gasteiger charge is -2.43. The third kappa shape index (κ3) is 8.37. The molecule has 1 aliphatic heterocycles. The number of rotatable bonds is 8. The van der Waals surface area contributed by atoms with Crippen molar-refractivity contribution in [2.24, 2.45) is 0 Å². The molecule has 35 heavy (non-hydrogen) atoms. The lowest BCUT2D eigenvalue weighted by Crippen LogP contribution is -2.63. The van der Waals surface area contributed by atoms with Gasteiger partial charge in [0.25, 0.3) is 0 Å². The summed E-state index contributed by atoms with van der Waals surface area (Å²) in [6.07, 6.45) is -7.74. The first-order valence-electron chi connectivity index (χ1n) is 10.3. The molecular weight excluding hydrogens is 470 g/mol. The number of benzene rings is 1. The van der Waals surface area contributed by atoms with Gasteiger partial charge < -0.3 is 28.4 Å². The Morgan fingerprint density at radius 1 is 0.800 bits per heavy atom. The number of amides is 1. The highest BCUT2D eigenvalue weighted by Gasteiger charge is 2.53. The fourth-order valence-corrected chi connectivity index (χ4v) is 3.18. The molecule has 13 nitrogen and oxygen atoms in total. The molecule has 0 aliphatic carbocycles. The van der Waals surface area contributed by atoms with Gasteiger partial charge in [0.2, 0.25) is 12.4 Å². The molecule has 0 bridgehead atoms. The summed E-state index contributed by atoms with van der Waals surface area (Å²) < 4.78 is 31.6. The summed E-state index contributed by atoms with van der Waals surface area (Å²) in [5, 5.41) is 2.40. The van der Waals surface area contributed by atoms with Crippen LogP contribution in [0.3, 0.4) is 0 Å². The van der Waals surface area contributed by atoms with Crippen LogP contribution in [0.2, 0.25) is 0 Å². The molecule has 13 heteroatoms. The Bertz CT molecular complexity index is 960. The van der Waals surface area contributed by atoms with Crippen molar-refractivity contribution in [3.63, 3.8) is 0 Å². The van der Waals surface area contributed by atoms with Gasteiger partial charge in [0.15, 0.2) is 12.2 Å². The van der Waals surface area contributed by atoms with Crippen LogP contribution in [0, 0.1) is 0 Å². The number of hydrogen-bond donors (Lipinski definition) is 1. The summed E-state index contributed by atoms with van der Waals surface area (Å²) in [5.74, 6) is -3.14. The van der Waals surface area contributed by atoms with Crippen LogP contribution < -0.4 is 5.32 Å². The minimum Gasteiger partial charge on any atom is -0.463 e. The van der Waals surface area contributed by atoms with Gasteiger partial charge in [-0.2, -0.15) is 0 Å². The molecule has 1 aliphatic rings. The van der Waals surface area contributed by atoms with Crippen molar-refractivity contribution < 1.29 is 57.2 Å². The molecule has 1 saturated heterocycles. The second-order valence-electron chi connectivity index (χ2n) is 7.34. The molecule has 0 unspecified atom stereocenters. The van der Waals surface area contributed by atoms with Crippen LogP contribution in [0.15, 0.2) is 24.3 Å². The maximum absolute atomic E-state index is 12.5. The molecule has 0 spiro atoms. The van der Waals surface area contributed by atoms with E-state index in [9.17, 15) is 28.8 Å². The van der Waals surface area contributed by atoms with Crippen LogP contribution in [0.4, 0.5) is 10.5 Å². The molecule has 0 saturated carbocycles. The van der Waals surface area contributed by atoms with Crippen molar-refractivity contribution in [3.05, 3.63) is 29.8 Å². The number of esters is 4. The van der Waals surface area contributed by atoms with Crippen molar-refractivity contribution in [1.82, 2.24) is 0 Å². The van der Waals surface area contributed by atoms with E-state index in [2.05, 4.69) is 5.32 Å². The Hall–Kier alpha value is -4.00. The van der Waals surface area contributed by atoms with Crippen LogP contribution in [0.25, 0.3) is 0 Å². The first-order valence-corrected chi connectivity index (χ1v) is 10.3. The fraction of sp³-hybridized carbons (Fsp3) is 0.455. The van der Waals surface area contributed by atoms with Gasteiger partial charge >= 0.3 is 30.0 Å². The van der Waals surface area contributed by atoms with Crippen LogP contribution in [-0.4, -0.2) is 73.6 Å². The van der Waals surface area contributed by atoms with E-state index in [1.165, 1.54) is 24.3 Å². The molecule has 1 amide bonds. The summed E-state index contributed by atoms with van der Waals surface area (Å²) in [6, 6.07) is 5.80. The first kappa shape index (κ1) is 27.2. The zero-order valence-corrected chi connectivity index (χ0v) is 19.4. The molecule has 190 valence electrons. The third-order valence-electron chi connectivity index (χ3n) is 4.46. The quantitative estimate of drug-likeness (QED) is 0.310. The highest BCUT2D eigenvalue weighted by molar-refractivity contribution is 5.85. The lowest BCUT2D eigenvalue weighted by molar-refractivity contribution is -0.293. The van der Waals surface area contributed by atoms with Gasteiger partial charge in [-0.15, -0.1) is 0 Å². The number of nitrogens with one attached hydrogen (secondary N) is 1. The maximum atomic E-state index is 12.5. The average molecular weight is 495 g/mol. The van der Waals surface area contributed by atoms with Gasteiger partial charge in [0.1, 0.15) is 19.0 Å². The Morgan fingerprint density at radius 3 is 1.86 bits per heavy atom. The number of ether oxygens (including phenoxy) is 6. The summed E-state index contributed by atoms with van der Waals surface area (Å²) in [4.78, 5) is 69.9. The Labute approximate surface area is 199 Å². The van der Waals surface area contributed by atoms with Gasteiger partial charge in [0.05, 0.1) is 0 Å². The van der Waals surface area contributed by atoms with E-state index in [1.54, 1.807) is 0 Å². The van der Waals surface area contributed by atoms with E-state index < -0.39 is 67.3 Å². The van der Waals surface area contributed by atoms with Crippen molar-refractivity contribution in [3.8, 4) is 0 Å². The average Bonchev–Trinajstić information content (AvgIpc) is 2.76. The minimum absolute atomic E-state index is 0.270. The predicted octanol–water partition coefficient (Wildman–Crippen LogP) is 1.13. The lowest BCUT2D eigenvalue weighted by atomic mass is 9.98. The molecule has 5 atom stereocenters. The SMILES string of the molecule is CC(=O)OC[C@H]1O[C@H](OC(=O)Nc2ccc(C=O)cc2)[C@H](OC(C)=O)[C@@H](OC(C)=O)[C@H]1OC(C)=O. The molecule has 1 aromatic rings. The van der Waals surface area contributed by atoms with E-state index >= 15 is 0 Å². The number of carbonyl (C=O) groups excluding carboxylic acids is 6. The van der Waals surface area contributed by atoms with E-state index in [0.29, 0.717) is 11.8 Å². The molecule has 1 fully saturated rings. The second-order valence-corrected chi connectivity index (χ2v) is 7.34. The van der Waals surface area contributed by atoms with Crippen molar-refractivity contribution in [2.45, 2.75) is 58.4 Å². The van der Waals surface area contributed by atoms with Crippen LogP contribution in [0.1, 0.15) is 38.1 Å². The molecule has 1 aromatic carbocycles. The van der Waals surface area contributed by atoms with Crippen molar-refractivity contribution >= 4 is 41.9 Å². The van der Waals surface area contributed by atoms with Crippen molar-refractivity contribution in [1.29, 1.82) is 0 Å². The van der Waals surface area contributed by atoms with E-state index in [-0.39, 0.29) is 5.69 Å². The predicted molar refractivity (Wildman–Crippen MR) is 114 cm³/mol. The largest absolute Gasteiger partial charge is 0.463 e. The van der Waals surface area contributed by atoms with E-state index in [1.807, 2.05) is 0 Å². The number of hydrogen-bond acceptors (Lipinski definition) is 12. The van der Waals surface area contributed by atoms with Gasteiger partial charge in [-0.25, -0.2) is 4.79 Å². The topological polar surface area (TPSA) is 170 Å². The Morgan fingerprint density at radius 2 is 1.34 bits per heavy atom. The first-order chi connectivity index (χ1) is 16.5. The van der Waals surface area contributed by atoms with Gasteiger partial charge in [0, 0.05) is 38.9 Å². The van der Waals surface area contributed by atoms with Crippen LogP contribution in [0.5, 0.6) is 0 Å². The molecular formula is C22H25NO12. The molecule has 1 heterocycles. The third-order valence-corrected chi connectivity index (χ3v) is 4.46. The zero-order valence-electron chi connectivity index (χ0n) is 19.4. The standard InChI is InChI=1S/C22H25NO12/c1-11(25)30-10-17-18(31-12(2)26)19(32-13(3)27)20(33-14(4)28)21(34-17)35-22(29)23-16-7-5-15(9-24)6-8-16/h5-9,17-21H,10H2,1-4H3,(H,23,29)/t17-,18+,19+,20-,21-/m1/s1. The molecule has 0 radical (unpaired) electrons.